The van der Waals surface area contributed by atoms with Crippen molar-refractivity contribution in [3.63, 3.8) is 0 Å². The van der Waals surface area contributed by atoms with Crippen molar-refractivity contribution in [3.8, 4) is 0 Å². The largest absolute Gasteiger partial charge is 0.293 e. The SMILES string of the molecule is C=C(Cl)CC(C(=O)c1ccccc1)c1ccccc1. The number of hydrogen-bond donors (Lipinski definition) is 0. The van der Waals surface area contributed by atoms with Gasteiger partial charge in [0.25, 0.3) is 0 Å². The van der Waals surface area contributed by atoms with Crippen LogP contribution in [0.25, 0.3) is 0 Å². The number of benzene rings is 2. The van der Waals surface area contributed by atoms with Gasteiger partial charge in [-0.05, 0) is 12.0 Å². The first-order valence-corrected chi connectivity index (χ1v) is 6.54. The van der Waals surface area contributed by atoms with Crippen molar-refractivity contribution < 1.29 is 4.79 Å². The molecule has 0 saturated carbocycles. The van der Waals surface area contributed by atoms with Crippen molar-refractivity contribution in [2.75, 3.05) is 0 Å². The topological polar surface area (TPSA) is 17.1 Å². The molecule has 0 bridgehead atoms. The maximum absolute atomic E-state index is 12.6. The summed E-state index contributed by atoms with van der Waals surface area (Å²) < 4.78 is 0. The van der Waals surface area contributed by atoms with Gasteiger partial charge in [-0.3, -0.25) is 4.79 Å². The maximum Gasteiger partial charge on any atom is 0.170 e. The van der Waals surface area contributed by atoms with Crippen LogP contribution in [0, 0.1) is 0 Å². The molecule has 96 valence electrons. The Bertz CT molecular complexity index is 560. The number of halogens is 1. The average molecular weight is 271 g/mol. The Balaban J connectivity index is 2.33. The number of rotatable bonds is 5. The van der Waals surface area contributed by atoms with E-state index in [0.717, 1.165) is 5.56 Å². The van der Waals surface area contributed by atoms with E-state index in [1.165, 1.54) is 0 Å². The molecule has 0 N–H and O–H groups in total. The zero-order chi connectivity index (χ0) is 13.7. The fourth-order valence-electron chi connectivity index (χ4n) is 2.07. The molecule has 0 aliphatic rings. The molecule has 0 radical (unpaired) electrons. The Kier molecular flexibility index (Phi) is 4.53. The fourth-order valence-corrected chi connectivity index (χ4v) is 2.23. The van der Waals surface area contributed by atoms with E-state index in [0.29, 0.717) is 17.0 Å². The van der Waals surface area contributed by atoms with Gasteiger partial charge in [0.15, 0.2) is 5.78 Å². The summed E-state index contributed by atoms with van der Waals surface area (Å²) in [4.78, 5) is 12.6. The molecule has 1 unspecified atom stereocenters. The number of allylic oxidation sites excluding steroid dienone is 1. The molecule has 0 aliphatic heterocycles. The number of ketones is 1. The van der Waals surface area contributed by atoms with Gasteiger partial charge < -0.3 is 0 Å². The van der Waals surface area contributed by atoms with E-state index in [2.05, 4.69) is 6.58 Å². The normalized spacial score (nSPS) is 11.8. The monoisotopic (exact) mass is 270 g/mol. The van der Waals surface area contributed by atoms with Crippen LogP contribution >= 0.6 is 11.6 Å². The summed E-state index contributed by atoms with van der Waals surface area (Å²) >= 11 is 5.91. The summed E-state index contributed by atoms with van der Waals surface area (Å²) in [6.45, 7) is 3.71. The van der Waals surface area contributed by atoms with Crippen LogP contribution in [0.5, 0.6) is 0 Å². The number of Topliss-reactive ketones (excluding diaryl/α,β-unsaturated/α-hetero) is 1. The van der Waals surface area contributed by atoms with Gasteiger partial charge in [-0.1, -0.05) is 78.8 Å². The second kappa shape index (κ2) is 6.35. The molecule has 0 fully saturated rings. The minimum absolute atomic E-state index is 0.0774. The first-order chi connectivity index (χ1) is 9.18. The second-order valence-corrected chi connectivity index (χ2v) is 4.95. The number of carbonyl (C=O) groups is 1. The summed E-state index contributed by atoms with van der Waals surface area (Å²) in [5, 5.41) is 0.498. The van der Waals surface area contributed by atoms with Gasteiger partial charge in [-0.25, -0.2) is 0 Å². The van der Waals surface area contributed by atoms with Gasteiger partial charge in [0.05, 0.1) is 5.92 Å². The third kappa shape index (κ3) is 3.55. The lowest BCUT2D eigenvalue weighted by Gasteiger charge is -2.15. The van der Waals surface area contributed by atoms with Crippen LogP contribution in [0.1, 0.15) is 28.3 Å². The molecule has 2 aromatic rings. The highest BCUT2D eigenvalue weighted by molar-refractivity contribution is 6.29. The molecule has 0 aromatic heterocycles. The summed E-state index contributed by atoms with van der Waals surface area (Å²) in [6.07, 6.45) is 0.458. The minimum atomic E-state index is -0.270. The molecule has 1 atom stereocenters. The van der Waals surface area contributed by atoms with Crippen molar-refractivity contribution in [3.05, 3.63) is 83.4 Å². The first-order valence-electron chi connectivity index (χ1n) is 6.16. The average Bonchev–Trinajstić information content (AvgIpc) is 2.46. The molecular weight excluding hydrogens is 256 g/mol. The van der Waals surface area contributed by atoms with E-state index >= 15 is 0 Å². The lowest BCUT2D eigenvalue weighted by Crippen LogP contribution is -2.13. The molecule has 2 rings (SSSR count). The van der Waals surface area contributed by atoms with E-state index in [-0.39, 0.29) is 11.7 Å². The van der Waals surface area contributed by atoms with Gasteiger partial charge in [-0.2, -0.15) is 0 Å². The quantitative estimate of drug-likeness (QED) is 0.714. The van der Waals surface area contributed by atoms with E-state index in [1.807, 2.05) is 60.7 Å². The summed E-state index contributed by atoms with van der Waals surface area (Å²) in [6, 6.07) is 19.0. The molecular formula is C17H15ClO. The summed E-state index contributed by atoms with van der Waals surface area (Å²) in [7, 11) is 0. The highest BCUT2D eigenvalue weighted by Crippen LogP contribution is 2.28. The zero-order valence-electron chi connectivity index (χ0n) is 10.6. The lowest BCUT2D eigenvalue weighted by molar-refractivity contribution is 0.0959. The molecule has 0 saturated heterocycles. The minimum Gasteiger partial charge on any atom is -0.293 e. The highest BCUT2D eigenvalue weighted by Gasteiger charge is 2.22. The molecule has 19 heavy (non-hydrogen) atoms. The van der Waals surface area contributed by atoms with Gasteiger partial charge >= 0.3 is 0 Å². The van der Waals surface area contributed by atoms with Crippen LogP contribution in [0.4, 0.5) is 0 Å². The van der Waals surface area contributed by atoms with Crippen LogP contribution in [0.15, 0.2) is 72.3 Å². The van der Waals surface area contributed by atoms with Crippen LogP contribution < -0.4 is 0 Å². The maximum atomic E-state index is 12.6. The van der Waals surface area contributed by atoms with Crippen molar-refractivity contribution in [1.29, 1.82) is 0 Å². The van der Waals surface area contributed by atoms with Crippen LogP contribution in [-0.2, 0) is 0 Å². The van der Waals surface area contributed by atoms with Crippen molar-refractivity contribution >= 4 is 17.4 Å². The van der Waals surface area contributed by atoms with E-state index in [9.17, 15) is 4.79 Å². The van der Waals surface area contributed by atoms with E-state index in [4.69, 9.17) is 11.6 Å². The second-order valence-electron chi connectivity index (χ2n) is 4.41. The van der Waals surface area contributed by atoms with Gasteiger partial charge in [0.2, 0.25) is 0 Å². The Labute approximate surface area is 118 Å². The Morgan fingerprint density at radius 3 is 2.05 bits per heavy atom. The van der Waals surface area contributed by atoms with Crippen molar-refractivity contribution in [1.82, 2.24) is 0 Å². The fraction of sp³-hybridized carbons (Fsp3) is 0.118. The molecule has 0 spiro atoms. The molecule has 0 heterocycles. The van der Waals surface area contributed by atoms with Crippen molar-refractivity contribution in [2.45, 2.75) is 12.3 Å². The number of carbonyl (C=O) groups excluding carboxylic acids is 1. The van der Waals surface area contributed by atoms with E-state index < -0.39 is 0 Å². The number of hydrogen-bond acceptors (Lipinski definition) is 1. The molecule has 1 nitrogen and oxygen atoms in total. The Hall–Kier alpha value is -1.86. The van der Waals surface area contributed by atoms with Gasteiger partial charge in [0.1, 0.15) is 0 Å². The van der Waals surface area contributed by atoms with Crippen LogP contribution in [-0.4, -0.2) is 5.78 Å². The smallest absolute Gasteiger partial charge is 0.170 e. The third-order valence-corrected chi connectivity index (χ3v) is 3.16. The van der Waals surface area contributed by atoms with Crippen molar-refractivity contribution in [2.24, 2.45) is 0 Å². The predicted molar refractivity (Wildman–Crippen MR) is 79.6 cm³/mol. The Morgan fingerprint density at radius 1 is 1.00 bits per heavy atom. The molecule has 0 amide bonds. The third-order valence-electron chi connectivity index (χ3n) is 3.00. The lowest BCUT2D eigenvalue weighted by atomic mass is 9.88. The van der Waals surface area contributed by atoms with E-state index in [1.54, 1.807) is 0 Å². The molecule has 2 aromatic carbocycles. The predicted octanol–water partition coefficient (Wildman–Crippen LogP) is 4.80. The van der Waals surface area contributed by atoms with Gasteiger partial charge in [-0.15, -0.1) is 0 Å². The standard InChI is InChI=1S/C17H15ClO/c1-13(18)12-16(14-8-4-2-5-9-14)17(19)15-10-6-3-7-11-15/h2-11,16H,1,12H2. The molecule has 2 heteroatoms. The summed E-state index contributed by atoms with van der Waals surface area (Å²) in [5.74, 6) is -0.192. The van der Waals surface area contributed by atoms with Crippen LogP contribution in [0.3, 0.4) is 0 Å². The first kappa shape index (κ1) is 13.6. The zero-order valence-corrected chi connectivity index (χ0v) is 11.3. The van der Waals surface area contributed by atoms with Gasteiger partial charge in [0, 0.05) is 10.6 Å². The molecule has 0 aliphatic carbocycles. The Morgan fingerprint density at radius 2 is 1.53 bits per heavy atom. The summed E-state index contributed by atoms with van der Waals surface area (Å²) in [5.41, 5.74) is 1.67. The van der Waals surface area contributed by atoms with Crippen LogP contribution in [0.2, 0.25) is 0 Å². The highest BCUT2D eigenvalue weighted by atomic mass is 35.5.